The van der Waals surface area contributed by atoms with Crippen LogP contribution in [0.4, 0.5) is 0 Å². The van der Waals surface area contributed by atoms with Gasteiger partial charge < -0.3 is 10.4 Å². The van der Waals surface area contributed by atoms with E-state index in [1.165, 1.54) is 0 Å². The van der Waals surface area contributed by atoms with E-state index < -0.39 is 5.97 Å². The molecule has 2 N–H and O–H groups in total. The van der Waals surface area contributed by atoms with Crippen molar-refractivity contribution in [2.24, 2.45) is 46.3 Å². The molecule has 9 atom stereocenters. The van der Waals surface area contributed by atoms with Crippen LogP contribution in [-0.2, 0) is 14.4 Å². The van der Waals surface area contributed by atoms with Crippen molar-refractivity contribution in [3.8, 4) is 0 Å². The number of ketones is 2. The van der Waals surface area contributed by atoms with Gasteiger partial charge in [-0.25, -0.2) is 0 Å². The van der Waals surface area contributed by atoms with Crippen LogP contribution in [0.3, 0.4) is 0 Å². The highest BCUT2D eigenvalue weighted by molar-refractivity contribution is 5.86. The van der Waals surface area contributed by atoms with Gasteiger partial charge in [-0.15, -0.1) is 0 Å². The maximum atomic E-state index is 13.6. The van der Waals surface area contributed by atoms with E-state index in [0.717, 1.165) is 32.2 Å². The molecule has 1 unspecified atom stereocenters. The van der Waals surface area contributed by atoms with Crippen LogP contribution in [0, 0.1) is 46.3 Å². The van der Waals surface area contributed by atoms with Crippen LogP contribution in [0.15, 0.2) is 0 Å². The zero-order valence-corrected chi connectivity index (χ0v) is 19.8. The number of carbonyl (C=O) groups is 3. The number of carboxylic acids is 1. The molecule has 174 valence electrons. The number of fused-ring (bicyclic) bond motifs is 5. The van der Waals surface area contributed by atoms with Crippen molar-refractivity contribution in [2.45, 2.75) is 91.5 Å². The molecule has 0 aromatic carbocycles. The van der Waals surface area contributed by atoms with Gasteiger partial charge in [0.2, 0.25) is 0 Å². The van der Waals surface area contributed by atoms with Gasteiger partial charge in [-0.1, -0.05) is 27.7 Å². The fraction of sp³-hybridized carbons (Fsp3) is 0.885. The number of nitrogens with one attached hydrogen (secondary N) is 1. The van der Waals surface area contributed by atoms with E-state index >= 15 is 0 Å². The summed E-state index contributed by atoms with van der Waals surface area (Å²) in [5.41, 5.74) is 0.118. The molecule has 0 radical (unpaired) electrons. The molecule has 5 nitrogen and oxygen atoms in total. The van der Waals surface area contributed by atoms with Crippen LogP contribution < -0.4 is 5.32 Å². The molecule has 0 saturated heterocycles. The van der Waals surface area contributed by atoms with Crippen LogP contribution >= 0.6 is 0 Å². The number of carboxylic acid groups (broad SMARTS) is 1. The second kappa shape index (κ2) is 8.28. The van der Waals surface area contributed by atoms with E-state index in [4.69, 9.17) is 0 Å². The molecular formula is C26H41NO4. The number of rotatable bonds is 6. The average Bonchev–Trinajstić information content (AvgIpc) is 3.06. The van der Waals surface area contributed by atoms with E-state index in [-0.39, 0.29) is 29.1 Å². The molecule has 4 aliphatic rings. The standard InChI is InChI=1S/C26H41NO4/c1-5-27-22-14-20-24(21(29)13-16-12-17(28)10-11-25(16,20)3)19-8-7-18(26(19,22)4)15(2)6-9-23(30)31/h15-16,18-20,22,24,27H,5-14H2,1-4H3,(H,30,31)/t15-,16+,18-,19+,20+,22?,24+,25+,26-/m1/s1. The fourth-order valence-electron chi connectivity index (χ4n) is 8.80. The Hall–Kier alpha value is -1.23. The summed E-state index contributed by atoms with van der Waals surface area (Å²) in [6.45, 7) is 10.1. The molecule has 0 heterocycles. The lowest BCUT2D eigenvalue weighted by atomic mass is 9.43. The third kappa shape index (κ3) is 3.59. The van der Waals surface area contributed by atoms with Crippen molar-refractivity contribution in [1.29, 1.82) is 0 Å². The summed E-state index contributed by atoms with van der Waals surface area (Å²) in [5.74, 6) is 1.90. The molecule has 4 aliphatic carbocycles. The summed E-state index contributed by atoms with van der Waals surface area (Å²) in [6.07, 6.45) is 6.91. The molecule has 0 bridgehead atoms. The Morgan fingerprint density at radius 3 is 2.61 bits per heavy atom. The first-order valence-corrected chi connectivity index (χ1v) is 12.6. The number of aliphatic carboxylic acids is 1. The summed E-state index contributed by atoms with van der Waals surface area (Å²) in [5, 5.41) is 13.0. The first-order valence-electron chi connectivity index (χ1n) is 12.6. The zero-order valence-electron chi connectivity index (χ0n) is 19.8. The predicted molar refractivity (Wildman–Crippen MR) is 119 cm³/mol. The quantitative estimate of drug-likeness (QED) is 0.648. The number of carbonyl (C=O) groups excluding carboxylic acids is 2. The number of Topliss-reactive ketones (excluding diaryl/α,β-unsaturated/α-hetero) is 2. The van der Waals surface area contributed by atoms with Gasteiger partial charge in [0.15, 0.2) is 0 Å². The first-order chi connectivity index (χ1) is 14.6. The summed E-state index contributed by atoms with van der Waals surface area (Å²) >= 11 is 0. The van der Waals surface area contributed by atoms with Crippen molar-refractivity contribution < 1.29 is 19.5 Å². The second-order valence-electron chi connectivity index (χ2n) is 11.7. The highest BCUT2D eigenvalue weighted by atomic mass is 16.4. The molecular weight excluding hydrogens is 390 g/mol. The van der Waals surface area contributed by atoms with E-state index in [1.54, 1.807) is 0 Å². The molecule has 0 aliphatic heterocycles. The van der Waals surface area contributed by atoms with Gasteiger partial charge in [0.1, 0.15) is 11.6 Å². The Morgan fingerprint density at radius 2 is 1.94 bits per heavy atom. The summed E-state index contributed by atoms with van der Waals surface area (Å²) in [7, 11) is 0. The van der Waals surface area contributed by atoms with Crippen LogP contribution in [0.1, 0.15) is 85.5 Å². The average molecular weight is 432 g/mol. The van der Waals surface area contributed by atoms with E-state index in [1.807, 2.05) is 0 Å². The third-order valence-electron chi connectivity index (χ3n) is 10.5. The lowest BCUT2D eigenvalue weighted by Crippen LogP contribution is -2.64. The lowest BCUT2D eigenvalue weighted by molar-refractivity contribution is -0.163. The Labute approximate surface area is 187 Å². The second-order valence-corrected chi connectivity index (χ2v) is 11.7. The summed E-state index contributed by atoms with van der Waals surface area (Å²) in [6, 6.07) is 0.351. The zero-order chi connectivity index (χ0) is 22.6. The van der Waals surface area contributed by atoms with Gasteiger partial charge in [-0.2, -0.15) is 0 Å². The van der Waals surface area contributed by atoms with Gasteiger partial charge in [-0.05, 0) is 79.1 Å². The third-order valence-corrected chi connectivity index (χ3v) is 10.5. The maximum absolute atomic E-state index is 13.6. The highest BCUT2D eigenvalue weighted by Crippen LogP contribution is 2.67. The van der Waals surface area contributed by atoms with Gasteiger partial charge in [0.25, 0.3) is 0 Å². The monoisotopic (exact) mass is 431 g/mol. The molecule has 0 aromatic rings. The van der Waals surface area contributed by atoms with E-state index in [0.29, 0.717) is 67.0 Å². The van der Waals surface area contributed by atoms with Crippen molar-refractivity contribution >= 4 is 17.5 Å². The molecule has 31 heavy (non-hydrogen) atoms. The Balaban J connectivity index is 1.67. The SMILES string of the molecule is CCNC1C[C@H]2[C@@H](C(=O)C[C@@H]3CC(=O)CC[C@@]32C)[C@@H]2CC[C@H]([C@H](C)CCC(=O)O)[C@@]12C. The van der Waals surface area contributed by atoms with E-state index in [2.05, 4.69) is 33.0 Å². The minimum Gasteiger partial charge on any atom is -0.481 e. The molecule has 4 rings (SSSR count). The van der Waals surface area contributed by atoms with Crippen molar-refractivity contribution in [3.63, 3.8) is 0 Å². The summed E-state index contributed by atoms with van der Waals surface area (Å²) in [4.78, 5) is 36.9. The minimum absolute atomic E-state index is 0.0262. The Kier molecular flexibility index (Phi) is 6.13. The normalized spacial score (nSPS) is 45.5. The highest BCUT2D eigenvalue weighted by Gasteiger charge is 2.65. The smallest absolute Gasteiger partial charge is 0.303 e. The van der Waals surface area contributed by atoms with E-state index in [9.17, 15) is 19.5 Å². The Bertz CT molecular complexity index is 750. The molecule has 4 fully saturated rings. The van der Waals surface area contributed by atoms with Crippen LogP contribution in [0.2, 0.25) is 0 Å². The number of hydrogen-bond acceptors (Lipinski definition) is 4. The van der Waals surface area contributed by atoms with Crippen molar-refractivity contribution in [1.82, 2.24) is 5.32 Å². The largest absolute Gasteiger partial charge is 0.481 e. The minimum atomic E-state index is -0.716. The lowest BCUT2D eigenvalue weighted by Gasteiger charge is -2.62. The molecule has 5 heteroatoms. The molecule has 0 spiro atoms. The maximum Gasteiger partial charge on any atom is 0.303 e. The van der Waals surface area contributed by atoms with Gasteiger partial charge in [0, 0.05) is 37.6 Å². The fourth-order valence-corrected chi connectivity index (χ4v) is 8.80. The first kappa shape index (κ1) is 22.9. The molecule has 4 saturated carbocycles. The van der Waals surface area contributed by atoms with Crippen LogP contribution in [-0.4, -0.2) is 35.2 Å². The molecule has 0 aromatic heterocycles. The van der Waals surface area contributed by atoms with Gasteiger partial charge in [0.05, 0.1) is 0 Å². The topological polar surface area (TPSA) is 83.5 Å². The molecule has 0 amide bonds. The Morgan fingerprint density at radius 1 is 1.19 bits per heavy atom. The van der Waals surface area contributed by atoms with Gasteiger partial charge >= 0.3 is 5.97 Å². The van der Waals surface area contributed by atoms with Crippen LogP contribution in [0.25, 0.3) is 0 Å². The number of hydrogen-bond donors (Lipinski definition) is 2. The van der Waals surface area contributed by atoms with Crippen LogP contribution in [0.5, 0.6) is 0 Å². The van der Waals surface area contributed by atoms with Crippen molar-refractivity contribution in [3.05, 3.63) is 0 Å². The van der Waals surface area contributed by atoms with Crippen molar-refractivity contribution in [2.75, 3.05) is 6.54 Å². The predicted octanol–water partition coefficient (Wildman–Crippen LogP) is 4.48. The summed E-state index contributed by atoms with van der Waals surface area (Å²) < 4.78 is 0. The van der Waals surface area contributed by atoms with Gasteiger partial charge in [-0.3, -0.25) is 14.4 Å².